The molecule has 4 aliphatic carbocycles. The minimum Gasteiger partial charge on any atom is -0.496 e. The first-order valence-corrected chi connectivity index (χ1v) is 18.6. The molecular formula is C39H52BrN3O6. The van der Waals surface area contributed by atoms with Crippen LogP contribution in [-0.4, -0.2) is 54.9 Å². The van der Waals surface area contributed by atoms with Crippen molar-refractivity contribution in [3.05, 3.63) is 53.6 Å². The molecule has 6 rings (SSSR count). The number of hydrogen-bond acceptors (Lipinski definition) is 8. The van der Waals surface area contributed by atoms with Crippen molar-refractivity contribution >= 4 is 44.9 Å². The van der Waals surface area contributed by atoms with E-state index in [0.29, 0.717) is 41.2 Å². The van der Waals surface area contributed by atoms with Gasteiger partial charge in [-0.3, -0.25) is 10.2 Å². The second kappa shape index (κ2) is 15.2. The van der Waals surface area contributed by atoms with E-state index < -0.39 is 17.0 Å². The topological polar surface area (TPSA) is 119 Å². The van der Waals surface area contributed by atoms with Gasteiger partial charge in [0.25, 0.3) is 5.91 Å². The highest BCUT2D eigenvalue weighted by molar-refractivity contribution is 9.09. The van der Waals surface area contributed by atoms with Crippen molar-refractivity contribution in [3.63, 3.8) is 0 Å². The molecule has 0 atom stereocenters. The second-order valence-electron chi connectivity index (χ2n) is 15.1. The third kappa shape index (κ3) is 7.95. The number of nitrogens with one attached hydrogen (secondary N) is 3. The number of halogens is 1. The number of alkyl halides is 1. The number of carbonyl (C=O) groups excluding carboxylic acids is 2. The molecule has 4 aliphatic rings. The molecule has 0 saturated heterocycles. The van der Waals surface area contributed by atoms with Crippen molar-refractivity contribution < 1.29 is 28.5 Å². The van der Waals surface area contributed by atoms with E-state index in [9.17, 15) is 9.59 Å². The average molecular weight is 739 g/mol. The number of ether oxygens (including phenoxy) is 4. The minimum absolute atomic E-state index is 0.0184. The van der Waals surface area contributed by atoms with Crippen molar-refractivity contribution in [2.24, 2.45) is 23.7 Å². The number of anilines is 1. The van der Waals surface area contributed by atoms with Gasteiger partial charge in [-0.25, -0.2) is 4.79 Å². The van der Waals surface area contributed by atoms with E-state index in [0.717, 1.165) is 54.4 Å². The monoisotopic (exact) mass is 737 g/mol. The lowest BCUT2D eigenvalue weighted by atomic mass is 9.48. The van der Waals surface area contributed by atoms with Crippen LogP contribution in [0.1, 0.15) is 90.2 Å². The highest BCUT2D eigenvalue weighted by Gasteiger charge is 2.63. The van der Waals surface area contributed by atoms with Crippen LogP contribution in [-0.2, 0) is 14.3 Å². The Balaban J connectivity index is 1.53. The van der Waals surface area contributed by atoms with Gasteiger partial charge in [0.1, 0.15) is 34.1 Å². The fourth-order valence-corrected chi connectivity index (χ4v) is 8.47. The molecule has 9 nitrogen and oxygen atoms in total. The summed E-state index contributed by atoms with van der Waals surface area (Å²) in [4.78, 5) is 28.3. The zero-order valence-electron chi connectivity index (χ0n) is 29.9. The van der Waals surface area contributed by atoms with E-state index in [1.165, 1.54) is 12.5 Å². The molecule has 2 aromatic carbocycles. The molecular weight excluding hydrogens is 686 g/mol. The van der Waals surface area contributed by atoms with Gasteiger partial charge in [-0.2, -0.15) is 0 Å². The first kappa shape index (κ1) is 36.7. The summed E-state index contributed by atoms with van der Waals surface area (Å²) in [7, 11) is 3.15. The molecule has 1 amide bonds. The maximum atomic E-state index is 14.2. The minimum atomic E-state index is -1.16. The summed E-state index contributed by atoms with van der Waals surface area (Å²) < 4.78 is 23.5. The van der Waals surface area contributed by atoms with Crippen molar-refractivity contribution in [1.82, 2.24) is 5.32 Å². The van der Waals surface area contributed by atoms with Crippen LogP contribution in [0, 0.1) is 29.1 Å². The maximum Gasteiger partial charge on any atom is 0.332 e. The Morgan fingerprint density at radius 3 is 2.14 bits per heavy atom. The first-order chi connectivity index (χ1) is 23.3. The molecule has 4 saturated carbocycles. The van der Waals surface area contributed by atoms with Gasteiger partial charge < -0.3 is 29.6 Å². The van der Waals surface area contributed by atoms with Gasteiger partial charge in [-0.1, -0.05) is 35.8 Å². The molecule has 4 fully saturated rings. The molecule has 0 aliphatic heterocycles. The normalized spacial score (nSPS) is 24.4. The average Bonchev–Trinajstić information content (AvgIpc) is 3.04. The summed E-state index contributed by atoms with van der Waals surface area (Å²) in [6, 6.07) is 11.3. The van der Waals surface area contributed by atoms with Crippen LogP contribution in [0.25, 0.3) is 5.70 Å². The van der Waals surface area contributed by atoms with E-state index in [1.807, 2.05) is 57.2 Å². The summed E-state index contributed by atoms with van der Waals surface area (Å²) in [6.45, 7) is 10.4. The van der Waals surface area contributed by atoms with Crippen LogP contribution in [0.15, 0.2) is 42.5 Å². The third-order valence-electron chi connectivity index (χ3n) is 10.2. The second-order valence-corrected chi connectivity index (χ2v) is 15.9. The largest absolute Gasteiger partial charge is 0.496 e. The van der Waals surface area contributed by atoms with Gasteiger partial charge in [0.05, 0.1) is 32.1 Å². The number of rotatable bonds is 14. The smallest absolute Gasteiger partial charge is 0.332 e. The fourth-order valence-electron chi connectivity index (χ4n) is 8.24. The Kier molecular flexibility index (Phi) is 11.4. The van der Waals surface area contributed by atoms with Gasteiger partial charge in [0.15, 0.2) is 0 Å². The van der Waals surface area contributed by atoms with Gasteiger partial charge in [0.2, 0.25) is 0 Å². The van der Waals surface area contributed by atoms with E-state index in [4.69, 9.17) is 24.4 Å². The fraction of sp³-hybridized carbons (Fsp3) is 0.564. The number of amides is 1. The molecule has 0 heterocycles. The summed E-state index contributed by atoms with van der Waals surface area (Å²) in [5, 5.41) is 16.7. The molecule has 2 aromatic rings. The Hall–Kier alpha value is -3.53. The maximum absolute atomic E-state index is 14.2. The molecule has 3 N–H and O–H groups in total. The Bertz CT molecular complexity index is 1530. The quantitative estimate of drug-likeness (QED) is 0.0776. The first-order valence-electron chi connectivity index (χ1n) is 17.5. The van der Waals surface area contributed by atoms with Gasteiger partial charge in [0, 0.05) is 11.0 Å². The predicted octanol–water partition coefficient (Wildman–Crippen LogP) is 8.12. The van der Waals surface area contributed by atoms with Crippen LogP contribution in [0.4, 0.5) is 5.69 Å². The van der Waals surface area contributed by atoms with E-state index in [2.05, 4.69) is 40.4 Å². The lowest BCUT2D eigenvalue weighted by molar-refractivity contribution is -0.183. The van der Waals surface area contributed by atoms with Crippen LogP contribution in [0.5, 0.6) is 17.2 Å². The Morgan fingerprint density at radius 2 is 1.61 bits per heavy atom. The molecule has 0 aromatic heterocycles. The molecule has 49 heavy (non-hydrogen) atoms. The van der Waals surface area contributed by atoms with E-state index >= 15 is 0 Å². The number of methoxy groups -OCH3 is 2. The van der Waals surface area contributed by atoms with Gasteiger partial charge in [-0.15, -0.1) is 0 Å². The van der Waals surface area contributed by atoms with Crippen molar-refractivity contribution in [3.8, 4) is 17.2 Å². The van der Waals surface area contributed by atoms with Crippen LogP contribution in [0.2, 0.25) is 0 Å². The third-order valence-corrected chi connectivity index (χ3v) is 10.7. The van der Waals surface area contributed by atoms with Crippen LogP contribution < -0.4 is 24.8 Å². The number of hydrogen-bond donors (Lipinski definition) is 3. The standard InChI is InChI=1S/C39H52BrN3O6/c1-23(2)29-21-28(48-15-9-14-40)12-13-31(29)42-32(35-33(46-6)10-8-11-34(35)47-7)22-30(41)36(44)43-39(37(45)49-38(3,4)5)26-17-24-16-25(19-26)20-27(39)18-24/h8,10-13,21-27,41-42H,9,14-20H2,1-7H3,(H,43,44)/b32-22-,41-30?. The SMILES string of the molecule is COc1cccc(OC)c1/C(=C/C(=N)C(=O)NC1(C(=O)OC(C)(C)C)C2CC3CC(C2)CC1C3)Nc1ccc(OCCCBr)cc1C(C)C. The highest BCUT2D eigenvalue weighted by Crippen LogP contribution is 2.59. The zero-order valence-corrected chi connectivity index (χ0v) is 31.5. The summed E-state index contributed by atoms with van der Waals surface area (Å²) >= 11 is 3.45. The Morgan fingerprint density at radius 1 is 1.00 bits per heavy atom. The molecule has 10 heteroatoms. The summed E-state index contributed by atoms with van der Waals surface area (Å²) in [5.74, 6) is 2.03. The lowest BCUT2D eigenvalue weighted by Crippen LogP contribution is -2.71. The van der Waals surface area contributed by atoms with Crippen molar-refractivity contribution in [1.29, 1.82) is 5.41 Å². The molecule has 0 radical (unpaired) electrons. The Labute approximate surface area is 299 Å². The summed E-state index contributed by atoms with van der Waals surface area (Å²) in [5.41, 5.74) is 0.633. The number of benzene rings is 2. The number of esters is 1. The zero-order chi connectivity index (χ0) is 35.5. The van der Waals surface area contributed by atoms with Crippen LogP contribution in [0.3, 0.4) is 0 Å². The van der Waals surface area contributed by atoms with Crippen LogP contribution >= 0.6 is 15.9 Å². The van der Waals surface area contributed by atoms with Gasteiger partial charge >= 0.3 is 5.97 Å². The molecule has 4 bridgehead atoms. The predicted molar refractivity (Wildman–Crippen MR) is 197 cm³/mol. The van der Waals surface area contributed by atoms with Crippen molar-refractivity contribution in [2.45, 2.75) is 90.2 Å². The highest BCUT2D eigenvalue weighted by atomic mass is 79.9. The number of carbonyl (C=O) groups is 2. The summed E-state index contributed by atoms with van der Waals surface area (Å²) in [6.07, 6.45) is 7.12. The molecule has 266 valence electrons. The lowest BCUT2D eigenvalue weighted by Gasteiger charge is -2.59. The van der Waals surface area contributed by atoms with E-state index in [-0.39, 0.29) is 29.4 Å². The molecule has 0 spiro atoms. The van der Waals surface area contributed by atoms with E-state index in [1.54, 1.807) is 14.2 Å². The molecule has 0 unspecified atom stereocenters. The van der Waals surface area contributed by atoms with Gasteiger partial charge in [-0.05, 0) is 131 Å². The van der Waals surface area contributed by atoms with Crippen molar-refractivity contribution in [2.75, 3.05) is 31.5 Å².